The molecule has 3 N–H and O–H groups in total. The normalized spacial score (nSPS) is 11.3. The van der Waals surface area contributed by atoms with Crippen molar-refractivity contribution in [2.24, 2.45) is 0 Å². The first-order valence-electron chi connectivity index (χ1n) is 5.34. The first-order valence-corrected chi connectivity index (χ1v) is 7.99. The Bertz CT molecular complexity index is 728. The third kappa shape index (κ3) is 2.89. The number of sulfonamides is 1. The zero-order valence-corrected chi connectivity index (χ0v) is 13.1. The maximum Gasteiger partial charge on any atom is 0.265 e. The second kappa shape index (κ2) is 5.59. The highest BCUT2D eigenvalue weighted by molar-refractivity contribution is 9.10. The Kier molecular flexibility index (Phi) is 4.22. The standard InChI is InChI=1S/C12H9BrClFN2O2S/c13-7-3-1-5-9(15)11(7)17-20(18,19)12-8(14)4-2-6-10(12)16/h1-6,17H,16H2. The van der Waals surface area contributed by atoms with Crippen LogP contribution in [0.4, 0.5) is 15.8 Å². The van der Waals surface area contributed by atoms with E-state index in [2.05, 4.69) is 20.7 Å². The summed E-state index contributed by atoms with van der Waals surface area (Å²) in [6.45, 7) is 0. The molecule has 0 bridgehead atoms. The van der Waals surface area contributed by atoms with Gasteiger partial charge in [0.15, 0.2) is 0 Å². The number of nitrogens with two attached hydrogens (primary N) is 1. The third-order valence-corrected chi connectivity index (χ3v) is 5.02. The summed E-state index contributed by atoms with van der Waals surface area (Å²) in [6, 6.07) is 8.41. The van der Waals surface area contributed by atoms with E-state index < -0.39 is 15.8 Å². The average Bonchev–Trinajstić information content (AvgIpc) is 2.33. The summed E-state index contributed by atoms with van der Waals surface area (Å²) in [7, 11) is -4.10. The number of nitrogen functional groups attached to an aromatic ring is 1. The lowest BCUT2D eigenvalue weighted by molar-refractivity contribution is 0.599. The molecule has 20 heavy (non-hydrogen) atoms. The van der Waals surface area contributed by atoms with Crippen molar-refractivity contribution >= 4 is 48.9 Å². The van der Waals surface area contributed by atoms with Gasteiger partial charge in [-0.25, -0.2) is 12.8 Å². The van der Waals surface area contributed by atoms with Crippen LogP contribution in [0.5, 0.6) is 0 Å². The molecule has 0 saturated heterocycles. The Morgan fingerprint density at radius 2 is 1.85 bits per heavy atom. The van der Waals surface area contributed by atoms with Crippen molar-refractivity contribution in [1.29, 1.82) is 0 Å². The van der Waals surface area contributed by atoms with Crippen LogP contribution in [-0.2, 0) is 10.0 Å². The van der Waals surface area contributed by atoms with E-state index in [9.17, 15) is 12.8 Å². The summed E-state index contributed by atoms with van der Waals surface area (Å²) in [6.07, 6.45) is 0. The van der Waals surface area contributed by atoms with Gasteiger partial charge >= 0.3 is 0 Å². The summed E-state index contributed by atoms with van der Waals surface area (Å²) in [5, 5.41) is -0.0371. The number of hydrogen-bond acceptors (Lipinski definition) is 3. The zero-order chi connectivity index (χ0) is 14.9. The van der Waals surface area contributed by atoms with Gasteiger partial charge in [-0.1, -0.05) is 23.7 Å². The van der Waals surface area contributed by atoms with Crippen molar-refractivity contribution in [2.45, 2.75) is 4.90 Å². The van der Waals surface area contributed by atoms with Crippen molar-refractivity contribution < 1.29 is 12.8 Å². The molecule has 0 saturated carbocycles. The van der Waals surface area contributed by atoms with E-state index in [0.29, 0.717) is 0 Å². The molecule has 0 atom stereocenters. The Morgan fingerprint density at radius 3 is 2.45 bits per heavy atom. The Labute approximate surface area is 128 Å². The van der Waals surface area contributed by atoms with Gasteiger partial charge in [0.25, 0.3) is 10.0 Å². The van der Waals surface area contributed by atoms with Crippen LogP contribution in [0.1, 0.15) is 0 Å². The smallest absolute Gasteiger partial charge is 0.265 e. The van der Waals surface area contributed by atoms with E-state index in [1.54, 1.807) is 0 Å². The molecule has 106 valence electrons. The minimum absolute atomic E-state index is 0.0162. The van der Waals surface area contributed by atoms with E-state index in [4.69, 9.17) is 17.3 Å². The van der Waals surface area contributed by atoms with Crippen LogP contribution in [0.15, 0.2) is 45.8 Å². The lowest BCUT2D eigenvalue weighted by atomic mass is 10.3. The SMILES string of the molecule is Nc1cccc(Cl)c1S(=O)(=O)Nc1c(F)cccc1Br. The molecule has 2 aromatic carbocycles. The summed E-state index contributed by atoms with van der Waals surface area (Å²) >= 11 is 8.93. The van der Waals surface area contributed by atoms with Gasteiger partial charge in [0.05, 0.1) is 16.4 Å². The van der Waals surface area contributed by atoms with Gasteiger partial charge in [-0.15, -0.1) is 0 Å². The van der Waals surface area contributed by atoms with Crippen LogP contribution < -0.4 is 10.5 Å². The lowest BCUT2D eigenvalue weighted by Gasteiger charge is -2.13. The number of nitrogens with one attached hydrogen (secondary N) is 1. The van der Waals surface area contributed by atoms with Crippen molar-refractivity contribution in [3.05, 3.63) is 51.7 Å². The van der Waals surface area contributed by atoms with Gasteiger partial charge in [0.1, 0.15) is 10.7 Å². The van der Waals surface area contributed by atoms with Gasteiger partial charge in [-0.05, 0) is 40.2 Å². The molecule has 0 amide bonds. The van der Waals surface area contributed by atoms with Gasteiger partial charge in [0.2, 0.25) is 0 Å². The van der Waals surface area contributed by atoms with Crippen molar-refractivity contribution in [2.75, 3.05) is 10.5 Å². The second-order valence-corrected chi connectivity index (χ2v) is 6.74. The van der Waals surface area contributed by atoms with Gasteiger partial charge < -0.3 is 5.73 Å². The number of anilines is 2. The summed E-state index contributed by atoms with van der Waals surface area (Å²) in [5.74, 6) is -0.714. The number of halogens is 3. The highest BCUT2D eigenvalue weighted by Crippen LogP contribution is 2.32. The molecule has 2 rings (SSSR count). The van der Waals surface area contributed by atoms with Crippen molar-refractivity contribution in [3.8, 4) is 0 Å². The van der Waals surface area contributed by atoms with Crippen molar-refractivity contribution in [1.82, 2.24) is 0 Å². The molecule has 0 radical (unpaired) electrons. The van der Waals surface area contributed by atoms with Gasteiger partial charge in [0, 0.05) is 4.47 Å². The predicted octanol–water partition coefficient (Wildman–Crippen LogP) is 3.62. The van der Waals surface area contributed by atoms with Crippen LogP contribution in [-0.4, -0.2) is 8.42 Å². The van der Waals surface area contributed by atoms with E-state index in [1.165, 1.54) is 30.3 Å². The monoisotopic (exact) mass is 378 g/mol. The first kappa shape index (κ1) is 15.1. The Balaban J connectivity index is 2.53. The molecule has 0 aliphatic heterocycles. The Morgan fingerprint density at radius 1 is 1.20 bits per heavy atom. The van der Waals surface area contributed by atoms with Crippen LogP contribution in [0, 0.1) is 5.82 Å². The van der Waals surface area contributed by atoms with Gasteiger partial charge in [-0.3, -0.25) is 4.72 Å². The predicted molar refractivity (Wildman–Crippen MR) is 80.8 cm³/mol. The fourth-order valence-corrected chi connectivity index (χ4v) is 3.93. The van der Waals surface area contributed by atoms with Crippen LogP contribution in [0.2, 0.25) is 5.02 Å². The molecule has 0 aromatic heterocycles. The largest absolute Gasteiger partial charge is 0.398 e. The quantitative estimate of drug-likeness (QED) is 0.800. The first-order chi connectivity index (χ1) is 9.33. The molecule has 8 heteroatoms. The summed E-state index contributed by atoms with van der Waals surface area (Å²) in [4.78, 5) is -0.281. The van der Waals surface area contributed by atoms with Crippen LogP contribution >= 0.6 is 27.5 Å². The molecule has 0 unspecified atom stereocenters. The molecule has 0 heterocycles. The summed E-state index contributed by atoms with van der Waals surface area (Å²) < 4.78 is 40.7. The number of rotatable bonds is 3. The second-order valence-electron chi connectivity index (χ2n) is 3.86. The van der Waals surface area contributed by atoms with E-state index >= 15 is 0 Å². The number of hydrogen-bond donors (Lipinski definition) is 2. The fraction of sp³-hybridized carbons (Fsp3) is 0. The van der Waals surface area contributed by atoms with Crippen LogP contribution in [0.3, 0.4) is 0 Å². The highest BCUT2D eigenvalue weighted by Gasteiger charge is 2.23. The molecule has 0 aliphatic carbocycles. The van der Waals surface area contributed by atoms with E-state index in [-0.39, 0.29) is 25.8 Å². The number of benzene rings is 2. The maximum absolute atomic E-state index is 13.7. The van der Waals surface area contributed by atoms with Gasteiger partial charge in [-0.2, -0.15) is 0 Å². The maximum atomic E-state index is 13.7. The van der Waals surface area contributed by atoms with Crippen molar-refractivity contribution in [3.63, 3.8) is 0 Å². The number of para-hydroxylation sites is 1. The topological polar surface area (TPSA) is 72.2 Å². The average molecular weight is 380 g/mol. The van der Waals surface area contributed by atoms with Crippen LogP contribution in [0.25, 0.3) is 0 Å². The van der Waals surface area contributed by atoms with E-state index in [0.717, 1.165) is 6.07 Å². The molecule has 0 aliphatic rings. The highest BCUT2D eigenvalue weighted by atomic mass is 79.9. The molecule has 0 spiro atoms. The molecular weight excluding hydrogens is 371 g/mol. The third-order valence-electron chi connectivity index (χ3n) is 2.47. The zero-order valence-electron chi connectivity index (χ0n) is 9.90. The minimum Gasteiger partial charge on any atom is -0.398 e. The molecular formula is C12H9BrClFN2O2S. The molecule has 2 aromatic rings. The minimum atomic E-state index is -4.10. The van der Waals surface area contributed by atoms with E-state index in [1.807, 2.05) is 0 Å². The fourth-order valence-electron chi connectivity index (χ4n) is 1.59. The molecule has 0 fully saturated rings. The Hall–Kier alpha value is -1.31. The summed E-state index contributed by atoms with van der Waals surface area (Å²) in [5.41, 5.74) is 5.41. The molecule has 4 nitrogen and oxygen atoms in total. The lowest BCUT2D eigenvalue weighted by Crippen LogP contribution is -2.16.